The molecule has 2 fully saturated rings. The Kier molecular flexibility index (Phi) is 12.5. The van der Waals surface area contributed by atoms with Gasteiger partial charge in [0.25, 0.3) is 5.91 Å². The van der Waals surface area contributed by atoms with E-state index >= 15 is 0 Å². The summed E-state index contributed by atoms with van der Waals surface area (Å²) in [5, 5.41) is 12.3. The summed E-state index contributed by atoms with van der Waals surface area (Å²) in [6.07, 6.45) is 2.91. The number of hydrogen-bond donors (Lipinski definition) is 3. The molecule has 10 nitrogen and oxygen atoms in total. The van der Waals surface area contributed by atoms with Gasteiger partial charge in [0.1, 0.15) is 12.0 Å². The molecule has 0 radical (unpaired) electrons. The Morgan fingerprint density at radius 3 is 2.25 bits per heavy atom. The number of hydrogen-bond acceptors (Lipinski definition) is 8. The average molecular weight is 603 g/mol. The Balaban J connectivity index is 1.27. The Bertz CT molecular complexity index is 1280. The normalized spacial score (nSPS) is 21.1. The van der Waals surface area contributed by atoms with Crippen LogP contribution < -0.4 is 16.4 Å². The Labute approximate surface area is 263 Å². The van der Waals surface area contributed by atoms with Crippen LogP contribution in [-0.2, 0) is 22.7 Å². The fourth-order valence-electron chi connectivity index (χ4n) is 5.57. The molecule has 0 aromatic heterocycles. The number of piperazine rings is 1. The third-order valence-corrected chi connectivity index (χ3v) is 8.47. The van der Waals surface area contributed by atoms with Crippen LogP contribution in [0.4, 0.5) is 0 Å². The molecule has 2 aromatic carbocycles. The molecule has 2 aliphatic heterocycles. The molecule has 4 N–H and O–H groups in total. The van der Waals surface area contributed by atoms with Crippen LogP contribution in [0.1, 0.15) is 38.8 Å². The highest BCUT2D eigenvalue weighted by molar-refractivity contribution is 6.20. The van der Waals surface area contributed by atoms with E-state index in [0.717, 1.165) is 44.8 Å². The van der Waals surface area contributed by atoms with Crippen LogP contribution in [-0.4, -0.2) is 104 Å². The highest BCUT2D eigenvalue weighted by Gasteiger charge is 2.30. The molecule has 3 atom stereocenters. The summed E-state index contributed by atoms with van der Waals surface area (Å²) in [7, 11) is 1.81. The number of hydrazone groups is 1. The first-order chi connectivity index (χ1) is 21.3. The van der Waals surface area contributed by atoms with Crippen molar-refractivity contribution in [3.05, 3.63) is 71.3 Å². The first-order valence-corrected chi connectivity index (χ1v) is 15.8. The van der Waals surface area contributed by atoms with E-state index in [2.05, 4.69) is 86.0 Å². The molecule has 2 heterocycles. The van der Waals surface area contributed by atoms with Crippen molar-refractivity contribution in [2.75, 3.05) is 52.9 Å². The largest absolute Gasteiger partial charge is 0.383 e. The molecular formula is C34H50N8O2. The van der Waals surface area contributed by atoms with Crippen LogP contribution in [0.2, 0.25) is 0 Å². The lowest BCUT2D eigenvalue weighted by Gasteiger charge is -2.34. The highest BCUT2D eigenvalue weighted by atomic mass is 16.5. The van der Waals surface area contributed by atoms with Gasteiger partial charge in [-0.3, -0.25) is 14.7 Å². The van der Waals surface area contributed by atoms with E-state index < -0.39 is 0 Å². The zero-order valence-corrected chi connectivity index (χ0v) is 27.0. The predicted molar refractivity (Wildman–Crippen MR) is 179 cm³/mol. The highest BCUT2D eigenvalue weighted by Crippen LogP contribution is 2.22. The molecule has 4 rings (SSSR count). The SMILES string of the molecule is C/C=N\N(C)C(C)N=C(N)/C(=C\C)C(=O)N[C@H]1CNC[C@@H]1OCc1ccc(-c2ccc(CN3CCN(CC)CC3)cc2)cc1. The molecule has 0 bridgehead atoms. The molecule has 1 unspecified atom stereocenters. The number of nitrogens with zero attached hydrogens (tertiary/aromatic N) is 5. The molecule has 44 heavy (non-hydrogen) atoms. The Morgan fingerprint density at radius 1 is 1.05 bits per heavy atom. The number of amidine groups is 1. The number of amides is 1. The number of benzene rings is 2. The lowest BCUT2D eigenvalue weighted by atomic mass is 10.0. The van der Waals surface area contributed by atoms with Crippen LogP contribution in [0.15, 0.2) is 70.3 Å². The number of likely N-dealkylation sites (N-methyl/N-ethyl adjacent to an activating group) is 1. The van der Waals surface area contributed by atoms with Crippen molar-refractivity contribution in [3.63, 3.8) is 0 Å². The van der Waals surface area contributed by atoms with Crippen molar-refractivity contribution < 1.29 is 9.53 Å². The van der Waals surface area contributed by atoms with E-state index in [4.69, 9.17) is 10.5 Å². The third kappa shape index (κ3) is 9.22. The minimum Gasteiger partial charge on any atom is -0.383 e. The maximum atomic E-state index is 13.1. The number of carbonyl (C=O) groups is 1. The van der Waals surface area contributed by atoms with Gasteiger partial charge in [-0.15, -0.1) is 0 Å². The standard InChI is InChI=1S/C34H50N8O2/c1-6-30(33(35)38-25(4)40(5)37-7-2)34(43)39-31-21-36-22-32(31)44-24-27-11-15-29(16-12-27)28-13-9-26(10-14-28)23-42-19-17-41(8-3)18-20-42/h6-7,9-16,25,31-32,36H,8,17-24H2,1-5H3,(H2,35,38)(H,39,43)/b30-6+,37-7-/t25?,31-,32-/m0/s1. The van der Waals surface area contributed by atoms with E-state index in [-0.39, 0.29) is 30.1 Å². The minimum absolute atomic E-state index is 0.156. The summed E-state index contributed by atoms with van der Waals surface area (Å²) in [6.45, 7) is 16.2. The number of nitrogens with one attached hydrogen (secondary N) is 2. The van der Waals surface area contributed by atoms with Gasteiger partial charge >= 0.3 is 0 Å². The van der Waals surface area contributed by atoms with Crippen molar-refractivity contribution in [3.8, 4) is 11.1 Å². The number of allylic oxidation sites excluding steroid dienone is 1. The quantitative estimate of drug-likeness (QED) is 0.140. The molecule has 238 valence electrons. The van der Waals surface area contributed by atoms with Gasteiger partial charge in [-0.25, -0.2) is 4.99 Å². The molecule has 0 saturated carbocycles. The summed E-state index contributed by atoms with van der Waals surface area (Å²) in [5.74, 6) is -0.0846. The molecular weight excluding hydrogens is 552 g/mol. The van der Waals surface area contributed by atoms with Gasteiger partial charge in [0.2, 0.25) is 0 Å². The fraction of sp³-hybridized carbons (Fsp3) is 0.500. The summed E-state index contributed by atoms with van der Waals surface area (Å²) in [6, 6.07) is 17.3. The van der Waals surface area contributed by atoms with Gasteiger partial charge in [-0.2, -0.15) is 5.10 Å². The van der Waals surface area contributed by atoms with Crippen molar-refractivity contribution in [1.82, 2.24) is 25.4 Å². The summed E-state index contributed by atoms with van der Waals surface area (Å²) < 4.78 is 6.26. The maximum Gasteiger partial charge on any atom is 0.255 e. The zero-order chi connectivity index (χ0) is 31.5. The van der Waals surface area contributed by atoms with Crippen LogP contribution in [0.5, 0.6) is 0 Å². The second kappa shape index (κ2) is 16.5. The van der Waals surface area contributed by atoms with Gasteiger partial charge in [0.15, 0.2) is 0 Å². The monoisotopic (exact) mass is 602 g/mol. The first kappa shape index (κ1) is 33.3. The predicted octanol–water partition coefficient (Wildman–Crippen LogP) is 3.05. The van der Waals surface area contributed by atoms with Gasteiger partial charge < -0.3 is 26.0 Å². The van der Waals surface area contributed by atoms with Crippen LogP contribution in [0.3, 0.4) is 0 Å². The molecule has 10 heteroatoms. The number of rotatable bonds is 13. The Morgan fingerprint density at radius 2 is 1.66 bits per heavy atom. The molecule has 2 aromatic rings. The van der Waals surface area contributed by atoms with E-state index in [1.54, 1.807) is 24.2 Å². The second-order valence-electron chi connectivity index (χ2n) is 11.5. The molecule has 2 saturated heterocycles. The third-order valence-electron chi connectivity index (χ3n) is 8.47. The van der Waals surface area contributed by atoms with Gasteiger partial charge in [-0.05, 0) is 49.6 Å². The molecule has 2 aliphatic rings. The smallest absolute Gasteiger partial charge is 0.255 e. The number of aliphatic imine (C=N–C) groups is 1. The fourth-order valence-corrected chi connectivity index (χ4v) is 5.57. The van der Waals surface area contributed by atoms with Crippen molar-refractivity contribution in [2.45, 2.75) is 59.2 Å². The summed E-state index contributed by atoms with van der Waals surface area (Å²) in [5.41, 5.74) is 11.4. The number of nitrogens with two attached hydrogens (primary N) is 1. The van der Waals surface area contributed by atoms with Crippen molar-refractivity contribution >= 4 is 18.0 Å². The first-order valence-electron chi connectivity index (χ1n) is 15.8. The lowest BCUT2D eigenvalue weighted by Crippen LogP contribution is -2.46. The minimum atomic E-state index is -0.305. The molecule has 1 amide bonds. The van der Waals surface area contributed by atoms with E-state index in [9.17, 15) is 4.79 Å². The average Bonchev–Trinajstić information content (AvgIpc) is 3.48. The Hall–Kier alpha value is -3.57. The van der Waals surface area contributed by atoms with Crippen LogP contribution >= 0.6 is 0 Å². The van der Waals surface area contributed by atoms with Crippen molar-refractivity contribution in [2.24, 2.45) is 15.8 Å². The topological polar surface area (TPSA) is 111 Å². The van der Waals surface area contributed by atoms with Gasteiger partial charge in [-0.1, -0.05) is 61.5 Å². The second-order valence-corrected chi connectivity index (χ2v) is 11.5. The van der Waals surface area contributed by atoms with E-state index in [0.29, 0.717) is 25.3 Å². The van der Waals surface area contributed by atoms with E-state index in [1.165, 1.54) is 16.7 Å². The van der Waals surface area contributed by atoms with Crippen molar-refractivity contribution in [1.29, 1.82) is 0 Å². The van der Waals surface area contributed by atoms with E-state index in [1.807, 2.05) is 20.9 Å². The number of carbonyl (C=O) groups excluding carboxylic acids is 1. The maximum absolute atomic E-state index is 13.1. The molecule has 0 aliphatic carbocycles. The van der Waals surface area contributed by atoms with Crippen LogP contribution in [0, 0.1) is 0 Å². The van der Waals surface area contributed by atoms with Gasteiger partial charge in [0.05, 0.1) is 24.3 Å². The molecule has 0 spiro atoms. The number of ether oxygens (including phenoxy) is 1. The lowest BCUT2D eigenvalue weighted by molar-refractivity contribution is -0.118. The summed E-state index contributed by atoms with van der Waals surface area (Å²) in [4.78, 5) is 22.6. The zero-order valence-electron chi connectivity index (χ0n) is 27.0. The van der Waals surface area contributed by atoms with Crippen LogP contribution in [0.25, 0.3) is 11.1 Å². The van der Waals surface area contributed by atoms with Gasteiger partial charge in [0, 0.05) is 59.1 Å². The summed E-state index contributed by atoms with van der Waals surface area (Å²) >= 11 is 0.